The largest absolute Gasteiger partial charge is 0.379 e. The van der Waals surface area contributed by atoms with Gasteiger partial charge in [0, 0.05) is 13.1 Å². The van der Waals surface area contributed by atoms with Gasteiger partial charge in [-0.3, -0.25) is 4.90 Å². The van der Waals surface area contributed by atoms with Gasteiger partial charge in [-0.05, 0) is 13.0 Å². The van der Waals surface area contributed by atoms with E-state index in [0.29, 0.717) is 13.0 Å². The molecule has 4 nitrogen and oxygen atoms in total. The quantitative estimate of drug-likeness (QED) is 0.555. The van der Waals surface area contributed by atoms with Crippen molar-refractivity contribution in [3.8, 4) is 0 Å². The molecule has 66 valence electrons. The Balaban J connectivity index is 2.21. The molecule has 1 rings (SSSR count). The van der Waals surface area contributed by atoms with E-state index in [1.54, 1.807) is 0 Å². The van der Waals surface area contributed by atoms with Crippen molar-refractivity contribution < 1.29 is 9.84 Å². The topological polar surface area (TPSA) is 58.7 Å². The molecule has 1 unspecified atom stereocenters. The van der Waals surface area contributed by atoms with E-state index in [2.05, 4.69) is 0 Å². The first-order chi connectivity index (χ1) is 5.34. The number of nitrogens with zero attached hydrogens (tertiary/aromatic N) is 1. The highest BCUT2D eigenvalue weighted by Crippen LogP contribution is 2.03. The number of hydrogen-bond donors (Lipinski definition) is 2. The summed E-state index contributed by atoms with van der Waals surface area (Å²) in [5, 5.41) is 9.46. The van der Waals surface area contributed by atoms with Crippen LogP contribution in [0.1, 0.15) is 6.42 Å². The zero-order valence-corrected chi connectivity index (χ0v) is 6.70. The molecule has 0 bridgehead atoms. The van der Waals surface area contributed by atoms with Crippen molar-refractivity contribution in [3.05, 3.63) is 0 Å². The Morgan fingerprint density at radius 3 is 2.64 bits per heavy atom. The highest BCUT2D eigenvalue weighted by atomic mass is 16.5. The van der Waals surface area contributed by atoms with Gasteiger partial charge >= 0.3 is 0 Å². The molecular formula is C7H16N2O2. The summed E-state index contributed by atoms with van der Waals surface area (Å²) in [6.45, 7) is 3.63. The Morgan fingerprint density at radius 2 is 2.09 bits per heavy atom. The van der Waals surface area contributed by atoms with Crippen LogP contribution in [0.5, 0.6) is 0 Å². The van der Waals surface area contributed by atoms with E-state index in [0.717, 1.165) is 26.3 Å². The molecule has 1 aliphatic heterocycles. The Hall–Kier alpha value is -0.160. The smallest absolute Gasteiger partial charge is 0.108 e. The van der Waals surface area contributed by atoms with Crippen molar-refractivity contribution in [1.82, 2.24) is 4.90 Å². The molecule has 0 aliphatic carbocycles. The number of morpholine rings is 1. The number of hydrogen-bond acceptors (Lipinski definition) is 4. The minimum atomic E-state index is -0.371. The van der Waals surface area contributed by atoms with E-state index in [-0.39, 0.29) is 6.23 Å². The third-order valence-corrected chi connectivity index (χ3v) is 1.89. The van der Waals surface area contributed by atoms with E-state index < -0.39 is 0 Å². The van der Waals surface area contributed by atoms with Gasteiger partial charge in [-0.15, -0.1) is 0 Å². The normalized spacial score (nSPS) is 23.5. The van der Waals surface area contributed by atoms with Crippen LogP contribution in [0, 0.1) is 0 Å². The van der Waals surface area contributed by atoms with Crippen LogP contribution in [0.4, 0.5) is 0 Å². The van der Waals surface area contributed by atoms with Crippen LogP contribution in [0.3, 0.4) is 0 Å². The van der Waals surface area contributed by atoms with Crippen LogP contribution in [0.15, 0.2) is 0 Å². The molecule has 0 radical (unpaired) electrons. The molecule has 3 N–H and O–H groups in total. The Bertz CT molecular complexity index is 105. The lowest BCUT2D eigenvalue weighted by molar-refractivity contribution is -0.0603. The van der Waals surface area contributed by atoms with Gasteiger partial charge in [0.15, 0.2) is 0 Å². The first-order valence-corrected chi connectivity index (χ1v) is 4.04. The van der Waals surface area contributed by atoms with Gasteiger partial charge in [0.2, 0.25) is 0 Å². The molecule has 0 spiro atoms. The van der Waals surface area contributed by atoms with E-state index in [9.17, 15) is 5.11 Å². The lowest BCUT2D eigenvalue weighted by Gasteiger charge is -2.30. The van der Waals surface area contributed by atoms with Crippen molar-refractivity contribution in [1.29, 1.82) is 0 Å². The molecule has 1 fully saturated rings. The van der Waals surface area contributed by atoms with Gasteiger partial charge < -0.3 is 15.6 Å². The van der Waals surface area contributed by atoms with Crippen molar-refractivity contribution in [3.63, 3.8) is 0 Å². The highest BCUT2D eigenvalue weighted by Gasteiger charge is 2.16. The van der Waals surface area contributed by atoms with Gasteiger partial charge in [-0.1, -0.05) is 0 Å². The second kappa shape index (κ2) is 4.66. The Labute approximate surface area is 66.9 Å². The summed E-state index contributed by atoms with van der Waals surface area (Å²) in [4.78, 5) is 2.00. The van der Waals surface area contributed by atoms with Crippen molar-refractivity contribution >= 4 is 0 Å². The molecule has 0 aromatic carbocycles. The van der Waals surface area contributed by atoms with Crippen molar-refractivity contribution in [2.75, 3.05) is 32.8 Å². The molecule has 4 heteroatoms. The van der Waals surface area contributed by atoms with E-state index in [1.807, 2.05) is 4.90 Å². The molecule has 1 saturated heterocycles. The summed E-state index contributed by atoms with van der Waals surface area (Å²) in [6.07, 6.45) is 0.281. The molecular weight excluding hydrogens is 144 g/mol. The first-order valence-electron chi connectivity index (χ1n) is 4.04. The third-order valence-electron chi connectivity index (χ3n) is 1.89. The number of aliphatic hydroxyl groups is 1. The third kappa shape index (κ3) is 2.75. The van der Waals surface area contributed by atoms with Crippen LogP contribution in [0.25, 0.3) is 0 Å². The number of ether oxygens (including phenoxy) is 1. The molecule has 0 aromatic heterocycles. The second-order valence-corrected chi connectivity index (χ2v) is 2.71. The minimum Gasteiger partial charge on any atom is -0.379 e. The van der Waals surface area contributed by atoms with Crippen LogP contribution < -0.4 is 5.73 Å². The Morgan fingerprint density at radius 1 is 1.45 bits per heavy atom. The molecule has 0 saturated carbocycles. The molecule has 0 aromatic rings. The van der Waals surface area contributed by atoms with Crippen LogP contribution in [-0.2, 0) is 4.74 Å². The first kappa shape index (κ1) is 8.93. The fraction of sp³-hybridized carbons (Fsp3) is 1.00. The fourth-order valence-electron chi connectivity index (χ4n) is 1.21. The van der Waals surface area contributed by atoms with Gasteiger partial charge in [-0.25, -0.2) is 0 Å². The lowest BCUT2D eigenvalue weighted by atomic mass is 10.3. The van der Waals surface area contributed by atoms with E-state index >= 15 is 0 Å². The predicted molar refractivity (Wildman–Crippen MR) is 42.1 cm³/mol. The lowest BCUT2D eigenvalue weighted by Crippen LogP contribution is -2.44. The number of aliphatic hydroxyl groups excluding tert-OH is 1. The summed E-state index contributed by atoms with van der Waals surface area (Å²) in [7, 11) is 0. The molecule has 11 heavy (non-hydrogen) atoms. The molecule has 1 atom stereocenters. The van der Waals surface area contributed by atoms with Gasteiger partial charge in [0.1, 0.15) is 6.23 Å². The van der Waals surface area contributed by atoms with Crippen molar-refractivity contribution in [2.45, 2.75) is 12.6 Å². The zero-order valence-electron chi connectivity index (χ0n) is 6.70. The molecule has 1 heterocycles. The predicted octanol–water partition coefficient (Wildman–Crippen LogP) is -1.01. The Kier molecular flexibility index (Phi) is 3.79. The van der Waals surface area contributed by atoms with Gasteiger partial charge in [0.25, 0.3) is 0 Å². The number of rotatable bonds is 3. The summed E-state index contributed by atoms with van der Waals surface area (Å²) >= 11 is 0. The monoisotopic (exact) mass is 160 g/mol. The SMILES string of the molecule is NCCC(O)N1CCOCC1. The zero-order chi connectivity index (χ0) is 8.10. The standard InChI is InChI=1S/C7H16N2O2/c8-2-1-7(10)9-3-5-11-6-4-9/h7,10H,1-6,8H2. The van der Waals surface area contributed by atoms with Gasteiger partial charge in [-0.2, -0.15) is 0 Å². The van der Waals surface area contributed by atoms with Crippen molar-refractivity contribution in [2.24, 2.45) is 5.73 Å². The molecule has 0 amide bonds. The van der Waals surface area contributed by atoms with Crippen LogP contribution in [0.2, 0.25) is 0 Å². The summed E-state index contributed by atoms with van der Waals surface area (Å²) in [5.74, 6) is 0. The second-order valence-electron chi connectivity index (χ2n) is 2.71. The maximum Gasteiger partial charge on any atom is 0.108 e. The number of nitrogens with two attached hydrogens (primary N) is 1. The van der Waals surface area contributed by atoms with Crippen LogP contribution in [-0.4, -0.2) is 49.1 Å². The molecule has 1 aliphatic rings. The maximum absolute atomic E-state index is 9.46. The van der Waals surface area contributed by atoms with Gasteiger partial charge in [0.05, 0.1) is 13.2 Å². The summed E-state index contributed by atoms with van der Waals surface area (Å²) < 4.78 is 5.14. The fourth-order valence-corrected chi connectivity index (χ4v) is 1.21. The minimum absolute atomic E-state index is 0.371. The van der Waals surface area contributed by atoms with Crippen LogP contribution >= 0.6 is 0 Å². The summed E-state index contributed by atoms with van der Waals surface area (Å²) in [6, 6.07) is 0. The van der Waals surface area contributed by atoms with E-state index in [4.69, 9.17) is 10.5 Å². The summed E-state index contributed by atoms with van der Waals surface area (Å²) in [5.41, 5.74) is 5.32. The van der Waals surface area contributed by atoms with E-state index in [1.165, 1.54) is 0 Å². The average molecular weight is 160 g/mol. The average Bonchev–Trinajstić information content (AvgIpc) is 2.07. The highest BCUT2D eigenvalue weighted by molar-refractivity contribution is 4.65. The maximum atomic E-state index is 9.46.